The Kier molecular flexibility index (Phi) is 6.31. The largest absolute Gasteiger partial charge is 0.549 e. The van der Waals surface area contributed by atoms with Gasteiger partial charge in [-0.05, 0) is 13.3 Å². The first-order valence-electron chi connectivity index (χ1n) is 4.93. The molecule has 0 saturated carbocycles. The first-order chi connectivity index (χ1) is 6.93. The molecule has 0 spiro atoms. The number of carboxylic acids is 1. The van der Waals surface area contributed by atoms with Crippen molar-refractivity contribution in [2.24, 2.45) is 0 Å². The van der Waals surface area contributed by atoms with Crippen LogP contribution in [0, 0.1) is 10.1 Å². The number of hydrogen-bond acceptors (Lipinski definition) is 5. The van der Waals surface area contributed by atoms with E-state index in [0.29, 0.717) is 12.8 Å². The van der Waals surface area contributed by atoms with Crippen molar-refractivity contribution in [2.45, 2.75) is 50.2 Å². The Bertz CT molecular complexity index is 234. The van der Waals surface area contributed by atoms with Gasteiger partial charge in [-0.2, -0.15) is 0 Å². The predicted molar refractivity (Wildman–Crippen MR) is 57.2 cm³/mol. The van der Waals surface area contributed by atoms with E-state index in [9.17, 15) is 20.0 Å². The molecule has 3 unspecified atom stereocenters. The van der Waals surface area contributed by atoms with Gasteiger partial charge in [0.25, 0.3) is 0 Å². The first-order valence-corrected chi connectivity index (χ1v) is 5.88. The molecule has 5 nitrogen and oxygen atoms in total. The van der Waals surface area contributed by atoms with Gasteiger partial charge in [-0.1, -0.05) is 13.8 Å². The second kappa shape index (κ2) is 6.66. The van der Waals surface area contributed by atoms with Crippen molar-refractivity contribution in [3.8, 4) is 0 Å². The first kappa shape index (κ1) is 14.2. The van der Waals surface area contributed by atoms with Crippen LogP contribution < -0.4 is 5.11 Å². The highest BCUT2D eigenvalue weighted by Crippen LogP contribution is 2.24. The van der Waals surface area contributed by atoms with Gasteiger partial charge in [0.2, 0.25) is 6.04 Å². The molecule has 15 heavy (non-hydrogen) atoms. The smallest absolute Gasteiger partial charge is 0.224 e. The lowest BCUT2D eigenvalue weighted by Gasteiger charge is -2.21. The molecule has 0 saturated heterocycles. The van der Waals surface area contributed by atoms with E-state index in [1.165, 1.54) is 0 Å². The van der Waals surface area contributed by atoms with Gasteiger partial charge in [0, 0.05) is 16.6 Å². The maximum absolute atomic E-state index is 10.6. The number of rotatable bonds is 7. The van der Waals surface area contributed by atoms with Crippen molar-refractivity contribution in [1.29, 1.82) is 0 Å². The second-order valence-electron chi connectivity index (χ2n) is 3.32. The molecule has 0 rings (SSSR count). The normalized spacial score (nSPS) is 16.7. The van der Waals surface area contributed by atoms with Gasteiger partial charge in [-0.25, -0.2) is 0 Å². The minimum Gasteiger partial charge on any atom is -0.549 e. The summed E-state index contributed by atoms with van der Waals surface area (Å²) in [6.45, 7) is 5.14. The summed E-state index contributed by atoms with van der Waals surface area (Å²) < 4.78 is 0. The Morgan fingerprint density at radius 1 is 1.40 bits per heavy atom. The molecule has 88 valence electrons. The number of carbonyl (C=O) groups is 1. The summed E-state index contributed by atoms with van der Waals surface area (Å²) in [4.78, 5) is 20.9. The molecule has 0 N–H and O–H groups in total. The summed E-state index contributed by atoms with van der Waals surface area (Å²) in [5.41, 5.74) is 0. The van der Waals surface area contributed by atoms with Gasteiger partial charge in [-0.15, -0.1) is 11.8 Å². The fraction of sp³-hybridized carbons (Fsp3) is 0.889. The van der Waals surface area contributed by atoms with E-state index in [2.05, 4.69) is 0 Å². The minimum atomic E-state index is -1.15. The lowest BCUT2D eigenvalue weighted by atomic mass is 10.2. The van der Waals surface area contributed by atoms with E-state index >= 15 is 0 Å². The standard InChI is InChI=1S/C9H17NO4S/c1-4-7(10(13)14)6(3)15-8(5-2)9(11)12/h6-8H,4-5H2,1-3H3,(H,11,12)/p-1. The van der Waals surface area contributed by atoms with E-state index in [1.807, 2.05) is 0 Å². The molecule has 0 radical (unpaired) electrons. The topological polar surface area (TPSA) is 83.3 Å². The number of aliphatic carboxylic acids is 1. The van der Waals surface area contributed by atoms with Crippen molar-refractivity contribution in [3.63, 3.8) is 0 Å². The third kappa shape index (κ3) is 4.51. The van der Waals surface area contributed by atoms with E-state index in [-0.39, 0.29) is 10.2 Å². The fourth-order valence-corrected chi connectivity index (χ4v) is 2.62. The van der Waals surface area contributed by atoms with E-state index in [4.69, 9.17) is 0 Å². The van der Waals surface area contributed by atoms with Crippen LogP contribution in [0.5, 0.6) is 0 Å². The number of carbonyl (C=O) groups excluding carboxylic acids is 1. The zero-order chi connectivity index (χ0) is 12.0. The Morgan fingerprint density at radius 3 is 2.20 bits per heavy atom. The van der Waals surface area contributed by atoms with Crippen molar-refractivity contribution < 1.29 is 14.8 Å². The van der Waals surface area contributed by atoms with Crippen LogP contribution in [0.25, 0.3) is 0 Å². The summed E-state index contributed by atoms with van der Waals surface area (Å²) in [6.07, 6.45) is 0.830. The molecule has 0 aliphatic rings. The summed E-state index contributed by atoms with van der Waals surface area (Å²) in [6, 6.07) is -0.691. The molecule has 0 aliphatic heterocycles. The average Bonchev–Trinajstić information content (AvgIpc) is 2.14. The van der Waals surface area contributed by atoms with E-state index < -0.39 is 17.3 Å². The van der Waals surface area contributed by atoms with Crippen LogP contribution in [0.4, 0.5) is 0 Å². The van der Waals surface area contributed by atoms with Crippen LogP contribution in [0.3, 0.4) is 0 Å². The minimum absolute atomic E-state index is 0.312. The number of thioether (sulfide) groups is 1. The van der Waals surface area contributed by atoms with Gasteiger partial charge in [0.05, 0.1) is 11.2 Å². The Hall–Kier alpha value is -0.780. The average molecular weight is 234 g/mol. The quantitative estimate of drug-likeness (QED) is 0.478. The molecule has 3 atom stereocenters. The summed E-state index contributed by atoms with van der Waals surface area (Å²) >= 11 is 1.11. The third-order valence-electron chi connectivity index (χ3n) is 2.24. The van der Waals surface area contributed by atoms with E-state index in [1.54, 1.807) is 20.8 Å². The Balaban J connectivity index is 4.37. The number of nitrogens with zero attached hydrogens (tertiary/aromatic N) is 1. The molecule has 0 aromatic rings. The number of nitro groups is 1. The number of carboxylic acid groups (broad SMARTS) is 1. The lowest BCUT2D eigenvalue weighted by molar-refractivity contribution is -0.521. The number of hydrogen-bond donors (Lipinski definition) is 0. The Labute approximate surface area is 93.4 Å². The zero-order valence-electron chi connectivity index (χ0n) is 9.13. The van der Waals surface area contributed by atoms with Gasteiger partial charge in [0.15, 0.2) is 0 Å². The molecule has 0 heterocycles. The third-order valence-corrected chi connectivity index (χ3v) is 3.84. The predicted octanol–water partition coefficient (Wildman–Crippen LogP) is 0.692. The summed E-state index contributed by atoms with van der Waals surface area (Å²) in [5.74, 6) is -1.15. The molecule has 6 heteroatoms. The van der Waals surface area contributed by atoms with Crippen molar-refractivity contribution >= 4 is 17.7 Å². The highest BCUT2D eigenvalue weighted by Gasteiger charge is 2.28. The second-order valence-corrected chi connectivity index (χ2v) is 4.90. The van der Waals surface area contributed by atoms with Crippen molar-refractivity contribution in [3.05, 3.63) is 10.1 Å². The molecular formula is C9H16NO4S-. The highest BCUT2D eigenvalue weighted by molar-refractivity contribution is 8.01. The SMILES string of the molecule is CCC(SC(C)C(CC)[N+](=O)[O-])C(=O)[O-]. The highest BCUT2D eigenvalue weighted by atomic mass is 32.2. The summed E-state index contributed by atoms with van der Waals surface area (Å²) in [7, 11) is 0. The zero-order valence-corrected chi connectivity index (χ0v) is 9.95. The van der Waals surface area contributed by atoms with Crippen LogP contribution in [0.1, 0.15) is 33.6 Å². The molecule has 0 bridgehead atoms. The van der Waals surface area contributed by atoms with Crippen LogP contribution in [0.15, 0.2) is 0 Å². The van der Waals surface area contributed by atoms with Gasteiger partial charge in [0.1, 0.15) is 0 Å². The van der Waals surface area contributed by atoms with E-state index in [0.717, 1.165) is 11.8 Å². The molecule has 0 amide bonds. The maximum Gasteiger partial charge on any atom is 0.224 e. The van der Waals surface area contributed by atoms with Crippen molar-refractivity contribution in [1.82, 2.24) is 0 Å². The van der Waals surface area contributed by atoms with Gasteiger partial charge in [-0.3, -0.25) is 10.1 Å². The van der Waals surface area contributed by atoms with Gasteiger partial charge >= 0.3 is 0 Å². The van der Waals surface area contributed by atoms with Crippen LogP contribution in [0.2, 0.25) is 0 Å². The van der Waals surface area contributed by atoms with Gasteiger partial charge < -0.3 is 9.90 Å². The fourth-order valence-electron chi connectivity index (χ4n) is 1.32. The molecule has 0 aliphatic carbocycles. The lowest BCUT2D eigenvalue weighted by Crippen LogP contribution is -2.37. The Morgan fingerprint density at radius 2 is 1.93 bits per heavy atom. The van der Waals surface area contributed by atoms with Crippen molar-refractivity contribution in [2.75, 3.05) is 0 Å². The molecule has 0 fully saturated rings. The molecule has 0 aromatic heterocycles. The van der Waals surface area contributed by atoms with Crippen LogP contribution >= 0.6 is 11.8 Å². The molecule has 0 aromatic carbocycles. The van der Waals surface area contributed by atoms with Crippen LogP contribution in [-0.2, 0) is 4.79 Å². The maximum atomic E-state index is 10.6. The monoisotopic (exact) mass is 234 g/mol. The molecular weight excluding hydrogens is 218 g/mol. The van der Waals surface area contributed by atoms with Crippen LogP contribution in [-0.4, -0.2) is 27.4 Å². The summed E-state index contributed by atoms with van der Waals surface area (Å²) in [5, 5.41) is 20.3.